The second-order valence-electron chi connectivity index (χ2n) is 8.60. The fourth-order valence-corrected chi connectivity index (χ4v) is 4.99. The summed E-state index contributed by atoms with van der Waals surface area (Å²) < 4.78 is 5.52. The van der Waals surface area contributed by atoms with Crippen LogP contribution in [-0.2, 0) is 9.59 Å². The minimum Gasteiger partial charge on any atom is -0.495 e. The lowest BCUT2D eigenvalue weighted by Crippen LogP contribution is -2.57. The monoisotopic (exact) mass is 414 g/mol. The van der Waals surface area contributed by atoms with Gasteiger partial charge in [-0.25, -0.2) is 0 Å². The van der Waals surface area contributed by atoms with Crippen LogP contribution in [0.5, 0.6) is 5.75 Å². The molecule has 4 rings (SSSR count). The molecule has 164 valence electrons. The molecule has 3 aliphatic heterocycles. The number of hydrogen-bond donors (Lipinski definition) is 0. The van der Waals surface area contributed by atoms with Crippen LogP contribution in [0.2, 0.25) is 0 Å². The van der Waals surface area contributed by atoms with E-state index >= 15 is 0 Å². The molecule has 1 atom stereocenters. The van der Waals surface area contributed by atoms with Crippen molar-refractivity contribution in [3.8, 4) is 5.75 Å². The van der Waals surface area contributed by atoms with Crippen LogP contribution in [0.1, 0.15) is 32.1 Å². The van der Waals surface area contributed by atoms with Gasteiger partial charge in [0.15, 0.2) is 0 Å². The largest absolute Gasteiger partial charge is 0.495 e. The second-order valence-corrected chi connectivity index (χ2v) is 8.60. The minimum absolute atomic E-state index is 0.114. The molecule has 7 heteroatoms. The Morgan fingerprint density at radius 3 is 2.60 bits per heavy atom. The van der Waals surface area contributed by atoms with E-state index in [1.165, 1.54) is 0 Å². The van der Waals surface area contributed by atoms with Crippen LogP contribution < -0.4 is 9.64 Å². The quantitative estimate of drug-likeness (QED) is 0.736. The number of benzene rings is 1. The van der Waals surface area contributed by atoms with Crippen LogP contribution in [0, 0.1) is 0 Å². The predicted molar refractivity (Wildman–Crippen MR) is 117 cm³/mol. The summed E-state index contributed by atoms with van der Waals surface area (Å²) in [7, 11) is 1.72. The maximum atomic E-state index is 12.8. The highest BCUT2D eigenvalue weighted by atomic mass is 16.5. The number of methoxy groups -OCH3 is 1. The Morgan fingerprint density at radius 1 is 1.03 bits per heavy atom. The number of amides is 2. The van der Waals surface area contributed by atoms with Gasteiger partial charge < -0.3 is 19.4 Å². The number of nitrogens with zero attached hydrogens (tertiary/aromatic N) is 4. The highest BCUT2D eigenvalue weighted by molar-refractivity contribution is 5.85. The summed E-state index contributed by atoms with van der Waals surface area (Å²) in [5.74, 6) is 1.17. The van der Waals surface area contributed by atoms with Crippen LogP contribution in [0.4, 0.5) is 5.69 Å². The third-order valence-corrected chi connectivity index (χ3v) is 6.75. The second kappa shape index (κ2) is 9.69. The van der Waals surface area contributed by atoms with Crippen LogP contribution in [0.3, 0.4) is 0 Å². The molecule has 3 fully saturated rings. The molecule has 30 heavy (non-hydrogen) atoms. The Hall–Kier alpha value is -2.28. The lowest BCUT2D eigenvalue weighted by Gasteiger charge is -2.44. The number of likely N-dealkylation sites (tertiary alicyclic amines) is 2. The molecule has 1 aromatic carbocycles. The van der Waals surface area contributed by atoms with E-state index in [1.54, 1.807) is 12.0 Å². The Labute approximate surface area is 179 Å². The Morgan fingerprint density at radius 2 is 1.83 bits per heavy atom. The zero-order valence-electron chi connectivity index (χ0n) is 18.1. The molecule has 3 aliphatic rings. The number of anilines is 1. The molecule has 0 saturated carbocycles. The first-order valence-corrected chi connectivity index (χ1v) is 11.3. The molecule has 1 aromatic rings. The SMILES string of the molecule is COc1ccccc1N1CCN([C@H]2CCCN(C(=O)CN3CCCCC3=O)C2)CC1. The summed E-state index contributed by atoms with van der Waals surface area (Å²) in [6.45, 7) is 6.51. The van der Waals surface area contributed by atoms with Gasteiger partial charge in [-0.3, -0.25) is 14.5 Å². The van der Waals surface area contributed by atoms with Gasteiger partial charge >= 0.3 is 0 Å². The average molecular weight is 415 g/mol. The lowest BCUT2D eigenvalue weighted by molar-refractivity contribution is -0.143. The van der Waals surface area contributed by atoms with Gasteiger partial charge in [0.1, 0.15) is 5.75 Å². The topological polar surface area (TPSA) is 56.3 Å². The fourth-order valence-electron chi connectivity index (χ4n) is 4.99. The van der Waals surface area contributed by atoms with E-state index in [-0.39, 0.29) is 18.4 Å². The van der Waals surface area contributed by atoms with Gasteiger partial charge in [0.05, 0.1) is 19.3 Å². The van der Waals surface area contributed by atoms with Crippen molar-refractivity contribution < 1.29 is 14.3 Å². The van der Waals surface area contributed by atoms with E-state index < -0.39 is 0 Å². The number of ether oxygens (including phenoxy) is 1. The van der Waals surface area contributed by atoms with Crippen LogP contribution in [0.25, 0.3) is 0 Å². The van der Waals surface area contributed by atoms with Crippen molar-refractivity contribution in [1.82, 2.24) is 14.7 Å². The van der Waals surface area contributed by atoms with Gasteiger partial charge in [0.25, 0.3) is 0 Å². The molecular weight excluding hydrogens is 380 g/mol. The van der Waals surface area contributed by atoms with E-state index in [0.29, 0.717) is 12.5 Å². The Bertz CT molecular complexity index is 748. The molecule has 0 aliphatic carbocycles. The maximum Gasteiger partial charge on any atom is 0.242 e. The van der Waals surface area contributed by atoms with Crippen LogP contribution in [-0.4, -0.2) is 92.0 Å². The number of carbonyl (C=O) groups is 2. The van der Waals surface area contributed by atoms with Gasteiger partial charge in [-0.2, -0.15) is 0 Å². The van der Waals surface area contributed by atoms with E-state index in [1.807, 2.05) is 17.0 Å². The van der Waals surface area contributed by atoms with E-state index in [2.05, 4.69) is 21.9 Å². The van der Waals surface area contributed by atoms with Gasteiger partial charge in [-0.05, 0) is 37.8 Å². The van der Waals surface area contributed by atoms with Crippen molar-refractivity contribution in [1.29, 1.82) is 0 Å². The molecule has 2 amide bonds. The number of piperidine rings is 2. The number of carbonyl (C=O) groups excluding carboxylic acids is 2. The molecule has 0 unspecified atom stereocenters. The van der Waals surface area contributed by atoms with Crippen molar-refractivity contribution >= 4 is 17.5 Å². The van der Waals surface area contributed by atoms with Crippen LogP contribution in [0.15, 0.2) is 24.3 Å². The van der Waals surface area contributed by atoms with Crippen molar-refractivity contribution in [2.45, 2.75) is 38.1 Å². The summed E-state index contributed by atoms with van der Waals surface area (Å²) in [5.41, 5.74) is 1.16. The number of para-hydroxylation sites is 2. The Balaban J connectivity index is 1.30. The van der Waals surface area contributed by atoms with E-state index in [9.17, 15) is 9.59 Å². The van der Waals surface area contributed by atoms with Gasteiger partial charge in [-0.15, -0.1) is 0 Å². The molecule has 0 N–H and O–H groups in total. The third-order valence-electron chi connectivity index (χ3n) is 6.75. The van der Waals surface area contributed by atoms with Gasteiger partial charge in [-0.1, -0.05) is 12.1 Å². The molecule has 3 saturated heterocycles. The molecule has 0 bridgehead atoms. The zero-order valence-corrected chi connectivity index (χ0v) is 18.1. The first-order valence-electron chi connectivity index (χ1n) is 11.3. The van der Waals surface area contributed by atoms with E-state index in [0.717, 1.165) is 82.9 Å². The van der Waals surface area contributed by atoms with Crippen molar-refractivity contribution in [2.75, 3.05) is 64.4 Å². The van der Waals surface area contributed by atoms with E-state index in [4.69, 9.17) is 4.74 Å². The normalized spacial score (nSPS) is 23.6. The Kier molecular flexibility index (Phi) is 6.77. The van der Waals surface area contributed by atoms with Crippen molar-refractivity contribution in [3.05, 3.63) is 24.3 Å². The molecule has 0 aromatic heterocycles. The van der Waals surface area contributed by atoms with Crippen molar-refractivity contribution in [2.24, 2.45) is 0 Å². The fraction of sp³-hybridized carbons (Fsp3) is 0.652. The van der Waals surface area contributed by atoms with Gasteiger partial charge in [0.2, 0.25) is 11.8 Å². The predicted octanol–water partition coefficient (Wildman–Crippen LogP) is 1.82. The maximum absolute atomic E-state index is 12.8. The molecule has 0 radical (unpaired) electrons. The molecule has 3 heterocycles. The van der Waals surface area contributed by atoms with Gasteiger partial charge in [0, 0.05) is 58.3 Å². The standard InChI is InChI=1S/C23H34N4O3/c1-30-21-9-3-2-8-20(21)25-15-13-24(14-16-25)19-7-6-12-26(17-19)23(29)18-27-11-5-4-10-22(27)28/h2-3,8-9,19H,4-7,10-18H2,1H3/t19-/m0/s1. The first-order chi connectivity index (χ1) is 14.7. The lowest BCUT2D eigenvalue weighted by atomic mass is 10.0. The third kappa shape index (κ3) is 4.72. The molecular formula is C23H34N4O3. The smallest absolute Gasteiger partial charge is 0.242 e. The average Bonchev–Trinajstić information content (AvgIpc) is 2.80. The highest BCUT2D eigenvalue weighted by Crippen LogP contribution is 2.29. The minimum atomic E-state index is 0.114. The number of hydrogen-bond acceptors (Lipinski definition) is 5. The summed E-state index contributed by atoms with van der Waals surface area (Å²) in [6, 6.07) is 8.61. The zero-order chi connectivity index (χ0) is 20.9. The molecule has 0 spiro atoms. The van der Waals surface area contributed by atoms with Crippen LogP contribution >= 0.6 is 0 Å². The number of rotatable bonds is 5. The highest BCUT2D eigenvalue weighted by Gasteiger charge is 2.31. The summed E-state index contributed by atoms with van der Waals surface area (Å²) in [6.07, 6.45) is 4.73. The summed E-state index contributed by atoms with van der Waals surface area (Å²) >= 11 is 0. The summed E-state index contributed by atoms with van der Waals surface area (Å²) in [4.78, 5) is 33.6. The number of piperazine rings is 1. The van der Waals surface area contributed by atoms with Crippen molar-refractivity contribution in [3.63, 3.8) is 0 Å². The first kappa shape index (κ1) is 21.0. The summed E-state index contributed by atoms with van der Waals surface area (Å²) in [5, 5.41) is 0. The molecule has 7 nitrogen and oxygen atoms in total.